The Kier molecular flexibility index (Phi) is 3.29. The van der Waals surface area contributed by atoms with Crippen LogP contribution in [0.3, 0.4) is 0 Å². The number of nitrogens with zero attached hydrogens (tertiary/aromatic N) is 2. The van der Waals surface area contributed by atoms with Crippen molar-refractivity contribution in [3.8, 4) is 0 Å². The molecule has 78 valence electrons. The monoisotopic (exact) mass is 219 g/mol. The summed E-state index contributed by atoms with van der Waals surface area (Å²) in [7, 11) is 0. The lowest BCUT2D eigenvalue weighted by molar-refractivity contribution is 1.12. The molecule has 0 fully saturated rings. The van der Waals surface area contributed by atoms with Gasteiger partial charge in [-0.1, -0.05) is 6.92 Å². The second kappa shape index (κ2) is 4.89. The van der Waals surface area contributed by atoms with Crippen molar-refractivity contribution >= 4 is 17.0 Å². The Labute approximate surface area is 93.2 Å². The van der Waals surface area contributed by atoms with Crippen molar-refractivity contribution in [2.75, 3.05) is 5.32 Å². The third-order valence-corrected chi connectivity index (χ3v) is 3.32. The van der Waals surface area contributed by atoms with Gasteiger partial charge in [0.15, 0.2) is 0 Å². The first-order valence-electron chi connectivity index (χ1n) is 4.95. The molecule has 0 atom stereocenters. The molecule has 0 unspecified atom stereocenters. The van der Waals surface area contributed by atoms with Gasteiger partial charge >= 0.3 is 0 Å². The lowest BCUT2D eigenvalue weighted by Crippen LogP contribution is -1.97. The van der Waals surface area contributed by atoms with Gasteiger partial charge in [-0.2, -0.15) is 0 Å². The second-order valence-electron chi connectivity index (χ2n) is 3.20. The number of anilines is 1. The quantitative estimate of drug-likeness (QED) is 0.859. The largest absolute Gasteiger partial charge is 0.378 e. The Hall–Kier alpha value is -1.42. The van der Waals surface area contributed by atoms with Gasteiger partial charge in [-0.25, -0.2) is 9.97 Å². The van der Waals surface area contributed by atoms with Crippen molar-refractivity contribution in [1.29, 1.82) is 0 Å². The molecule has 2 rings (SSSR count). The molecule has 3 nitrogen and oxygen atoms in total. The number of rotatable bonds is 4. The fraction of sp³-hybridized carbons (Fsp3) is 0.273. The summed E-state index contributed by atoms with van der Waals surface area (Å²) >= 11 is 1.85. The fourth-order valence-corrected chi connectivity index (χ4v) is 2.18. The molecule has 0 bridgehead atoms. The molecule has 2 heterocycles. The summed E-state index contributed by atoms with van der Waals surface area (Å²) in [5, 5.41) is 3.28. The second-order valence-corrected chi connectivity index (χ2v) is 4.46. The van der Waals surface area contributed by atoms with Crippen molar-refractivity contribution in [1.82, 2.24) is 9.97 Å². The molecule has 0 aliphatic carbocycles. The first kappa shape index (κ1) is 10.1. The van der Waals surface area contributed by atoms with Gasteiger partial charge in [-0.3, -0.25) is 0 Å². The molecule has 0 saturated carbocycles. The van der Waals surface area contributed by atoms with Crippen LogP contribution in [0.4, 0.5) is 5.69 Å². The van der Waals surface area contributed by atoms with Crippen molar-refractivity contribution in [2.45, 2.75) is 19.9 Å². The summed E-state index contributed by atoms with van der Waals surface area (Å²) in [6.45, 7) is 3.02. The van der Waals surface area contributed by atoms with Crippen LogP contribution in [0.1, 0.15) is 16.7 Å². The molecular weight excluding hydrogens is 206 g/mol. The van der Waals surface area contributed by atoms with Gasteiger partial charge in [0.05, 0.1) is 18.1 Å². The lowest BCUT2D eigenvalue weighted by atomic mass is 10.3. The molecule has 0 aromatic carbocycles. The maximum atomic E-state index is 3.95. The van der Waals surface area contributed by atoms with Crippen LogP contribution >= 0.6 is 11.3 Å². The number of aryl methyl sites for hydroxylation is 1. The fourth-order valence-electron chi connectivity index (χ4n) is 1.29. The van der Waals surface area contributed by atoms with E-state index in [4.69, 9.17) is 0 Å². The summed E-state index contributed by atoms with van der Waals surface area (Å²) in [6.07, 6.45) is 6.20. The highest BCUT2D eigenvalue weighted by atomic mass is 32.1. The van der Waals surface area contributed by atoms with Crippen LogP contribution in [0.2, 0.25) is 0 Å². The van der Waals surface area contributed by atoms with E-state index in [1.54, 1.807) is 12.4 Å². The summed E-state index contributed by atoms with van der Waals surface area (Å²) in [5.41, 5.74) is 0.962. The average Bonchev–Trinajstić information content (AvgIpc) is 2.76. The predicted octanol–water partition coefficient (Wildman–Crippen LogP) is 2.71. The zero-order chi connectivity index (χ0) is 10.5. The molecule has 2 aromatic rings. The molecule has 2 aromatic heterocycles. The van der Waals surface area contributed by atoms with Gasteiger partial charge in [0.25, 0.3) is 0 Å². The van der Waals surface area contributed by atoms with Gasteiger partial charge in [-0.05, 0) is 18.6 Å². The maximum absolute atomic E-state index is 3.95. The van der Waals surface area contributed by atoms with Crippen LogP contribution in [0.5, 0.6) is 0 Å². The first-order valence-corrected chi connectivity index (χ1v) is 5.76. The van der Waals surface area contributed by atoms with Crippen LogP contribution in [0.15, 0.2) is 30.9 Å². The number of nitrogens with one attached hydrogen (secondary N) is 1. The smallest absolute Gasteiger partial charge is 0.115 e. The van der Waals surface area contributed by atoms with Gasteiger partial charge in [0.1, 0.15) is 6.33 Å². The Balaban J connectivity index is 1.93. The standard InChI is InChI=1S/C11H13N3S/c1-2-10-3-4-11(15-10)7-14-9-5-12-8-13-6-9/h3-6,8,14H,2,7H2,1H3. The molecule has 0 aliphatic rings. The third-order valence-electron chi connectivity index (χ3n) is 2.09. The molecule has 0 amide bonds. The highest BCUT2D eigenvalue weighted by Crippen LogP contribution is 2.17. The van der Waals surface area contributed by atoms with E-state index in [9.17, 15) is 0 Å². The van der Waals surface area contributed by atoms with Crippen LogP contribution in [0.25, 0.3) is 0 Å². The Morgan fingerprint density at radius 2 is 1.93 bits per heavy atom. The third kappa shape index (κ3) is 2.76. The molecule has 0 aliphatic heterocycles. The van der Waals surface area contributed by atoms with Crippen LogP contribution in [-0.4, -0.2) is 9.97 Å². The summed E-state index contributed by atoms with van der Waals surface area (Å²) in [6, 6.07) is 4.35. The molecule has 4 heteroatoms. The van der Waals surface area contributed by atoms with E-state index < -0.39 is 0 Å². The van der Waals surface area contributed by atoms with Gasteiger partial charge in [0.2, 0.25) is 0 Å². The van der Waals surface area contributed by atoms with Crippen molar-refractivity contribution in [2.24, 2.45) is 0 Å². The summed E-state index contributed by atoms with van der Waals surface area (Å²) in [5.74, 6) is 0. The van der Waals surface area contributed by atoms with E-state index in [-0.39, 0.29) is 0 Å². The van der Waals surface area contributed by atoms with E-state index in [0.29, 0.717) is 0 Å². The minimum Gasteiger partial charge on any atom is -0.378 e. The number of thiophene rings is 1. The SMILES string of the molecule is CCc1ccc(CNc2cncnc2)s1. The number of hydrogen-bond acceptors (Lipinski definition) is 4. The van der Waals surface area contributed by atoms with Gasteiger partial charge in [0, 0.05) is 16.3 Å². The number of aromatic nitrogens is 2. The topological polar surface area (TPSA) is 37.8 Å². The van der Waals surface area contributed by atoms with Crippen molar-refractivity contribution in [3.63, 3.8) is 0 Å². The molecule has 0 spiro atoms. The van der Waals surface area contributed by atoms with E-state index in [1.165, 1.54) is 16.1 Å². The molecule has 1 N–H and O–H groups in total. The minimum absolute atomic E-state index is 0.845. The van der Waals surface area contributed by atoms with Gasteiger partial charge in [-0.15, -0.1) is 11.3 Å². The normalized spacial score (nSPS) is 10.2. The van der Waals surface area contributed by atoms with E-state index >= 15 is 0 Å². The van der Waals surface area contributed by atoms with Crippen LogP contribution < -0.4 is 5.32 Å². The zero-order valence-electron chi connectivity index (χ0n) is 8.60. The molecule has 0 radical (unpaired) electrons. The van der Waals surface area contributed by atoms with Gasteiger partial charge < -0.3 is 5.32 Å². The van der Waals surface area contributed by atoms with Crippen LogP contribution in [-0.2, 0) is 13.0 Å². The summed E-state index contributed by atoms with van der Waals surface area (Å²) in [4.78, 5) is 10.7. The Morgan fingerprint density at radius 1 is 1.20 bits per heavy atom. The van der Waals surface area contributed by atoms with Crippen LogP contribution in [0, 0.1) is 0 Å². The highest BCUT2D eigenvalue weighted by molar-refractivity contribution is 7.12. The molecular formula is C11H13N3S. The average molecular weight is 219 g/mol. The Morgan fingerprint density at radius 3 is 2.60 bits per heavy atom. The van der Waals surface area contributed by atoms with Crippen molar-refractivity contribution < 1.29 is 0 Å². The highest BCUT2D eigenvalue weighted by Gasteiger charge is 1.98. The zero-order valence-corrected chi connectivity index (χ0v) is 9.42. The van der Waals surface area contributed by atoms with E-state index in [2.05, 4.69) is 34.3 Å². The maximum Gasteiger partial charge on any atom is 0.115 e. The predicted molar refractivity (Wildman–Crippen MR) is 63.1 cm³/mol. The first-order chi connectivity index (χ1) is 7.38. The minimum atomic E-state index is 0.845. The van der Waals surface area contributed by atoms with E-state index in [1.807, 2.05) is 11.3 Å². The molecule has 0 saturated heterocycles. The van der Waals surface area contributed by atoms with E-state index in [0.717, 1.165) is 18.7 Å². The number of hydrogen-bond donors (Lipinski definition) is 1. The molecule has 15 heavy (non-hydrogen) atoms. The van der Waals surface area contributed by atoms with Crippen molar-refractivity contribution in [3.05, 3.63) is 40.6 Å². The Bertz CT molecular complexity index is 411. The summed E-state index contributed by atoms with van der Waals surface area (Å²) < 4.78 is 0. The lowest BCUT2D eigenvalue weighted by Gasteiger charge is -2.02.